The molecule has 0 bridgehead atoms. The van der Waals surface area contributed by atoms with E-state index in [1.807, 2.05) is 6.20 Å². The second-order valence-electron chi connectivity index (χ2n) is 5.90. The molecule has 4 rings (SSSR count). The number of H-pyrrole nitrogens is 1. The number of hydrogen-bond acceptors (Lipinski definition) is 3. The maximum atomic E-state index is 5.95. The first kappa shape index (κ1) is 12.0. The first-order chi connectivity index (χ1) is 9.81. The van der Waals surface area contributed by atoms with Crippen LogP contribution in [0.1, 0.15) is 30.7 Å². The van der Waals surface area contributed by atoms with E-state index in [0.29, 0.717) is 6.54 Å². The third kappa shape index (κ3) is 1.68. The molecule has 0 radical (unpaired) electrons. The highest BCUT2D eigenvalue weighted by Gasteiger charge is 2.39. The van der Waals surface area contributed by atoms with Crippen LogP contribution in [0.3, 0.4) is 0 Å². The van der Waals surface area contributed by atoms with Crippen molar-refractivity contribution in [3.05, 3.63) is 35.8 Å². The molecule has 104 valence electrons. The van der Waals surface area contributed by atoms with Gasteiger partial charge in [-0.1, -0.05) is 6.42 Å². The van der Waals surface area contributed by atoms with E-state index in [1.54, 1.807) is 0 Å². The Hall–Kier alpha value is -1.81. The Bertz CT molecular complexity index is 637. The lowest BCUT2D eigenvalue weighted by Crippen LogP contribution is -2.42. The number of imidazole rings is 1. The first-order valence-corrected chi connectivity index (χ1v) is 7.32. The number of hydrogen-bond donors (Lipinski definition) is 2. The fourth-order valence-electron chi connectivity index (χ4n) is 3.23. The van der Waals surface area contributed by atoms with Crippen molar-refractivity contribution in [3.8, 4) is 17.0 Å². The topological polar surface area (TPSA) is 63.9 Å². The van der Waals surface area contributed by atoms with Gasteiger partial charge in [0.2, 0.25) is 0 Å². The lowest BCUT2D eigenvalue weighted by molar-refractivity contribution is 0.240. The molecule has 0 spiro atoms. The quantitative estimate of drug-likeness (QED) is 0.899. The lowest BCUT2D eigenvalue weighted by atomic mass is 9.68. The molecule has 1 aliphatic carbocycles. The number of nitrogens with two attached hydrogens (primary N) is 1. The van der Waals surface area contributed by atoms with Gasteiger partial charge in [-0.05, 0) is 36.6 Å². The number of ether oxygens (including phenoxy) is 1. The number of nitrogens with zero attached hydrogens (tertiary/aromatic N) is 1. The van der Waals surface area contributed by atoms with Crippen molar-refractivity contribution in [2.75, 3.05) is 13.2 Å². The van der Waals surface area contributed by atoms with E-state index in [1.165, 1.54) is 17.5 Å². The molecule has 1 aliphatic heterocycles. The van der Waals surface area contributed by atoms with Crippen molar-refractivity contribution in [2.24, 2.45) is 5.73 Å². The summed E-state index contributed by atoms with van der Waals surface area (Å²) >= 11 is 0. The molecular formula is C16H19N3O. The van der Waals surface area contributed by atoms with E-state index in [4.69, 9.17) is 10.5 Å². The van der Waals surface area contributed by atoms with Crippen LogP contribution in [0.2, 0.25) is 0 Å². The molecule has 0 amide bonds. The minimum Gasteiger partial charge on any atom is -0.493 e. The Labute approximate surface area is 118 Å². The predicted octanol–water partition coefficient (Wildman–Crippen LogP) is 2.39. The second kappa shape index (κ2) is 4.35. The smallest absolute Gasteiger partial charge is 0.122 e. The average Bonchev–Trinajstić information content (AvgIpc) is 3.06. The maximum Gasteiger partial charge on any atom is 0.122 e. The van der Waals surface area contributed by atoms with E-state index in [2.05, 4.69) is 28.2 Å². The number of aromatic amines is 1. The van der Waals surface area contributed by atoms with Gasteiger partial charge in [-0.2, -0.15) is 0 Å². The summed E-state index contributed by atoms with van der Waals surface area (Å²) < 4.78 is 5.55. The van der Waals surface area contributed by atoms with E-state index in [9.17, 15) is 0 Å². The number of aromatic nitrogens is 2. The predicted molar refractivity (Wildman–Crippen MR) is 77.8 cm³/mol. The Kier molecular flexibility index (Phi) is 2.60. The highest BCUT2D eigenvalue weighted by Crippen LogP contribution is 2.42. The number of fused-ring (bicyclic) bond motifs is 1. The zero-order chi connectivity index (χ0) is 13.6. The molecule has 0 unspecified atom stereocenters. The van der Waals surface area contributed by atoms with Crippen molar-refractivity contribution < 1.29 is 4.74 Å². The summed E-state index contributed by atoms with van der Waals surface area (Å²) in [5.74, 6) is 2.07. The molecule has 1 aromatic carbocycles. The third-order valence-corrected chi connectivity index (χ3v) is 4.78. The van der Waals surface area contributed by atoms with Gasteiger partial charge in [0, 0.05) is 23.9 Å². The highest BCUT2D eigenvalue weighted by atomic mass is 16.5. The fraction of sp³-hybridized carbons (Fsp3) is 0.438. The van der Waals surface area contributed by atoms with Crippen molar-refractivity contribution in [1.29, 1.82) is 0 Å². The SMILES string of the molecule is NCC1(c2ncc(-c3ccc4c(c3)CCO4)[nH]2)CCC1. The average molecular weight is 269 g/mol. The van der Waals surface area contributed by atoms with Crippen LogP contribution in [0.15, 0.2) is 24.4 Å². The summed E-state index contributed by atoms with van der Waals surface area (Å²) in [5.41, 5.74) is 9.59. The van der Waals surface area contributed by atoms with Gasteiger partial charge in [0.25, 0.3) is 0 Å². The Morgan fingerprint density at radius 2 is 2.25 bits per heavy atom. The van der Waals surface area contributed by atoms with Crippen LogP contribution < -0.4 is 10.5 Å². The number of rotatable bonds is 3. The summed E-state index contributed by atoms with van der Waals surface area (Å²) in [6.45, 7) is 1.47. The van der Waals surface area contributed by atoms with Crippen molar-refractivity contribution in [1.82, 2.24) is 9.97 Å². The van der Waals surface area contributed by atoms with Crippen LogP contribution >= 0.6 is 0 Å². The molecule has 0 atom stereocenters. The third-order valence-electron chi connectivity index (χ3n) is 4.78. The molecule has 20 heavy (non-hydrogen) atoms. The minimum atomic E-state index is 0.0953. The van der Waals surface area contributed by atoms with Crippen LogP contribution in [-0.2, 0) is 11.8 Å². The first-order valence-electron chi connectivity index (χ1n) is 7.32. The normalized spacial score (nSPS) is 19.2. The summed E-state index contributed by atoms with van der Waals surface area (Å²) in [6, 6.07) is 6.35. The Balaban J connectivity index is 1.68. The zero-order valence-corrected chi connectivity index (χ0v) is 11.5. The molecule has 1 saturated carbocycles. The molecule has 1 aromatic heterocycles. The molecule has 2 aliphatic rings. The largest absolute Gasteiger partial charge is 0.493 e. The maximum absolute atomic E-state index is 5.95. The Morgan fingerprint density at radius 1 is 1.35 bits per heavy atom. The second-order valence-corrected chi connectivity index (χ2v) is 5.90. The van der Waals surface area contributed by atoms with Crippen LogP contribution in [0.4, 0.5) is 0 Å². The summed E-state index contributed by atoms with van der Waals surface area (Å²) in [7, 11) is 0. The van der Waals surface area contributed by atoms with Crippen molar-refractivity contribution in [2.45, 2.75) is 31.1 Å². The molecular weight excluding hydrogens is 250 g/mol. The standard InChI is InChI=1S/C16H19N3O/c17-10-16(5-1-6-16)15-18-9-13(19-15)11-2-3-14-12(8-11)4-7-20-14/h2-3,8-9H,1,4-7,10,17H2,(H,18,19). The zero-order valence-electron chi connectivity index (χ0n) is 11.5. The molecule has 4 nitrogen and oxygen atoms in total. The molecule has 0 saturated heterocycles. The Morgan fingerprint density at radius 3 is 3.00 bits per heavy atom. The van der Waals surface area contributed by atoms with Crippen LogP contribution in [-0.4, -0.2) is 23.1 Å². The van der Waals surface area contributed by atoms with Crippen molar-refractivity contribution in [3.63, 3.8) is 0 Å². The van der Waals surface area contributed by atoms with E-state index >= 15 is 0 Å². The van der Waals surface area contributed by atoms with Crippen LogP contribution in [0, 0.1) is 0 Å². The molecule has 1 fully saturated rings. The molecule has 2 heterocycles. The number of benzene rings is 1. The molecule has 4 heteroatoms. The van der Waals surface area contributed by atoms with Gasteiger partial charge in [-0.25, -0.2) is 4.98 Å². The van der Waals surface area contributed by atoms with E-state index in [-0.39, 0.29) is 5.41 Å². The van der Waals surface area contributed by atoms with Gasteiger partial charge in [0.05, 0.1) is 18.5 Å². The van der Waals surface area contributed by atoms with Gasteiger partial charge in [0.1, 0.15) is 11.6 Å². The summed E-state index contributed by atoms with van der Waals surface area (Å²) in [5, 5.41) is 0. The van der Waals surface area contributed by atoms with Gasteiger partial charge in [-0.15, -0.1) is 0 Å². The van der Waals surface area contributed by atoms with Crippen LogP contribution in [0.25, 0.3) is 11.3 Å². The van der Waals surface area contributed by atoms with Gasteiger partial charge in [-0.3, -0.25) is 0 Å². The summed E-state index contributed by atoms with van der Waals surface area (Å²) in [6.07, 6.45) is 6.48. The van der Waals surface area contributed by atoms with E-state index < -0.39 is 0 Å². The monoisotopic (exact) mass is 269 g/mol. The number of nitrogens with one attached hydrogen (secondary N) is 1. The molecule has 3 N–H and O–H groups in total. The highest BCUT2D eigenvalue weighted by molar-refractivity contribution is 5.62. The van der Waals surface area contributed by atoms with Crippen LogP contribution in [0.5, 0.6) is 5.75 Å². The summed E-state index contributed by atoms with van der Waals surface area (Å²) in [4.78, 5) is 8.07. The lowest BCUT2D eigenvalue weighted by Gasteiger charge is -2.39. The van der Waals surface area contributed by atoms with Gasteiger partial charge >= 0.3 is 0 Å². The molecule has 2 aromatic rings. The fourth-order valence-corrected chi connectivity index (χ4v) is 3.23. The van der Waals surface area contributed by atoms with E-state index in [0.717, 1.165) is 43.1 Å². The van der Waals surface area contributed by atoms with Gasteiger partial charge in [0.15, 0.2) is 0 Å². The minimum absolute atomic E-state index is 0.0953. The van der Waals surface area contributed by atoms with Gasteiger partial charge < -0.3 is 15.5 Å². The van der Waals surface area contributed by atoms with Crippen molar-refractivity contribution >= 4 is 0 Å².